The van der Waals surface area contributed by atoms with Gasteiger partial charge in [0.1, 0.15) is 5.69 Å². The Morgan fingerprint density at radius 2 is 2.33 bits per heavy atom. The van der Waals surface area contributed by atoms with Crippen LogP contribution in [0.25, 0.3) is 0 Å². The zero-order valence-corrected chi connectivity index (χ0v) is 10.3. The molecule has 1 N–H and O–H groups in total. The third kappa shape index (κ3) is 3.67. The van der Waals surface area contributed by atoms with Crippen LogP contribution in [0.1, 0.15) is 19.8 Å². The van der Waals surface area contributed by atoms with Gasteiger partial charge in [0.05, 0.1) is 11.5 Å². The number of nitro benzene ring substituents is 1. The zero-order valence-electron chi connectivity index (χ0n) is 10.3. The molecule has 0 saturated heterocycles. The molecule has 0 aromatic heterocycles. The van der Waals surface area contributed by atoms with Gasteiger partial charge in [-0.05, 0) is 18.6 Å². The molecule has 18 heavy (non-hydrogen) atoms. The maximum Gasteiger partial charge on any atom is 0.333 e. The van der Waals surface area contributed by atoms with Crippen molar-refractivity contribution >= 4 is 11.4 Å². The molecule has 0 aliphatic carbocycles. The number of rotatable bonds is 7. The largest absolute Gasteiger partial charge is 0.486 e. The standard InChI is InChI=1S/C13H16N2O3/c1-3-5-10-18-12-8-6-7-11(14-9-4-2)13(12)15(16)17/h1,6-8,14H,4-5,9-10H2,2H3. The Kier molecular flexibility index (Phi) is 5.52. The molecule has 5 nitrogen and oxygen atoms in total. The third-order valence-corrected chi connectivity index (χ3v) is 2.25. The Bertz CT molecular complexity index is 452. The van der Waals surface area contributed by atoms with Gasteiger partial charge in [0.15, 0.2) is 5.75 Å². The number of terminal acetylenes is 1. The van der Waals surface area contributed by atoms with Gasteiger partial charge in [-0.15, -0.1) is 12.3 Å². The van der Waals surface area contributed by atoms with Gasteiger partial charge < -0.3 is 10.1 Å². The van der Waals surface area contributed by atoms with Crippen LogP contribution in [-0.4, -0.2) is 18.1 Å². The van der Waals surface area contributed by atoms with E-state index in [0.717, 1.165) is 6.42 Å². The van der Waals surface area contributed by atoms with Crippen LogP contribution >= 0.6 is 0 Å². The van der Waals surface area contributed by atoms with E-state index in [1.54, 1.807) is 18.2 Å². The molecule has 5 heteroatoms. The average molecular weight is 248 g/mol. The number of nitro groups is 1. The average Bonchev–Trinajstić information content (AvgIpc) is 2.36. The quantitative estimate of drug-likeness (QED) is 0.349. The summed E-state index contributed by atoms with van der Waals surface area (Å²) in [6.45, 7) is 2.94. The number of anilines is 1. The van der Waals surface area contributed by atoms with Crippen molar-refractivity contribution in [3.8, 4) is 18.1 Å². The lowest BCUT2D eigenvalue weighted by Gasteiger charge is -2.10. The van der Waals surface area contributed by atoms with Crippen LogP contribution in [-0.2, 0) is 0 Å². The van der Waals surface area contributed by atoms with Crippen LogP contribution in [0.4, 0.5) is 11.4 Å². The van der Waals surface area contributed by atoms with Crippen molar-refractivity contribution in [3.63, 3.8) is 0 Å². The van der Waals surface area contributed by atoms with E-state index in [4.69, 9.17) is 11.2 Å². The van der Waals surface area contributed by atoms with E-state index < -0.39 is 4.92 Å². The summed E-state index contributed by atoms with van der Waals surface area (Å²) in [7, 11) is 0. The van der Waals surface area contributed by atoms with E-state index in [0.29, 0.717) is 18.7 Å². The molecule has 1 rings (SSSR count). The normalized spacial score (nSPS) is 9.56. The van der Waals surface area contributed by atoms with Crippen molar-refractivity contribution in [1.82, 2.24) is 0 Å². The lowest BCUT2D eigenvalue weighted by atomic mass is 10.2. The fraction of sp³-hybridized carbons (Fsp3) is 0.385. The Morgan fingerprint density at radius 1 is 1.56 bits per heavy atom. The summed E-state index contributed by atoms with van der Waals surface area (Å²) < 4.78 is 5.34. The molecule has 0 radical (unpaired) electrons. The summed E-state index contributed by atoms with van der Waals surface area (Å²) in [5.74, 6) is 2.67. The second-order valence-corrected chi connectivity index (χ2v) is 3.64. The minimum absolute atomic E-state index is 0.0389. The summed E-state index contributed by atoms with van der Waals surface area (Å²) >= 11 is 0. The minimum Gasteiger partial charge on any atom is -0.486 e. The predicted molar refractivity (Wildman–Crippen MR) is 70.8 cm³/mol. The molecular weight excluding hydrogens is 232 g/mol. The second-order valence-electron chi connectivity index (χ2n) is 3.64. The first kappa shape index (κ1) is 13.8. The van der Waals surface area contributed by atoms with Gasteiger partial charge in [0, 0.05) is 13.0 Å². The first-order valence-electron chi connectivity index (χ1n) is 5.78. The summed E-state index contributed by atoms with van der Waals surface area (Å²) in [5.41, 5.74) is 0.433. The summed E-state index contributed by atoms with van der Waals surface area (Å²) in [6.07, 6.45) is 6.42. The van der Waals surface area contributed by atoms with Crippen molar-refractivity contribution in [2.24, 2.45) is 0 Å². The predicted octanol–water partition coefficient (Wildman–Crippen LogP) is 2.82. The zero-order chi connectivity index (χ0) is 13.4. The fourth-order valence-corrected chi connectivity index (χ4v) is 1.45. The van der Waals surface area contributed by atoms with Crippen LogP contribution in [0.15, 0.2) is 18.2 Å². The summed E-state index contributed by atoms with van der Waals surface area (Å²) in [4.78, 5) is 10.6. The molecule has 0 unspecified atom stereocenters. The first-order chi connectivity index (χ1) is 8.70. The van der Waals surface area contributed by atoms with Crippen molar-refractivity contribution in [2.75, 3.05) is 18.5 Å². The monoisotopic (exact) mass is 248 g/mol. The Labute approximate surface area is 106 Å². The minimum atomic E-state index is -0.441. The topological polar surface area (TPSA) is 64.4 Å². The third-order valence-electron chi connectivity index (χ3n) is 2.25. The number of nitrogens with zero attached hydrogens (tertiary/aromatic N) is 1. The molecule has 1 aromatic rings. The highest BCUT2D eigenvalue weighted by Crippen LogP contribution is 2.34. The SMILES string of the molecule is C#CCCOc1cccc(NCCC)c1[N+](=O)[O-]. The maximum atomic E-state index is 11.1. The van der Waals surface area contributed by atoms with Crippen molar-refractivity contribution in [2.45, 2.75) is 19.8 Å². The van der Waals surface area contributed by atoms with Crippen LogP contribution in [0.5, 0.6) is 5.75 Å². The van der Waals surface area contributed by atoms with E-state index in [9.17, 15) is 10.1 Å². The van der Waals surface area contributed by atoms with Crippen molar-refractivity contribution in [3.05, 3.63) is 28.3 Å². The first-order valence-corrected chi connectivity index (χ1v) is 5.78. The van der Waals surface area contributed by atoms with E-state index in [2.05, 4.69) is 11.2 Å². The number of hydrogen-bond acceptors (Lipinski definition) is 4. The Balaban J connectivity index is 2.94. The molecule has 0 fully saturated rings. The molecule has 0 amide bonds. The van der Waals surface area contributed by atoms with Gasteiger partial charge in [-0.1, -0.05) is 13.0 Å². The van der Waals surface area contributed by atoms with E-state index in [1.807, 2.05) is 6.92 Å². The van der Waals surface area contributed by atoms with Gasteiger partial charge in [0.25, 0.3) is 0 Å². The van der Waals surface area contributed by atoms with Crippen LogP contribution in [0.3, 0.4) is 0 Å². The maximum absolute atomic E-state index is 11.1. The second kappa shape index (κ2) is 7.17. The van der Waals surface area contributed by atoms with Crippen molar-refractivity contribution in [1.29, 1.82) is 0 Å². The Morgan fingerprint density at radius 3 is 2.94 bits per heavy atom. The van der Waals surface area contributed by atoms with E-state index in [-0.39, 0.29) is 18.0 Å². The highest BCUT2D eigenvalue weighted by atomic mass is 16.6. The van der Waals surface area contributed by atoms with Crippen LogP contribution < -0.4 is 10.1 Å². The van der Waals surface area contributed by atoms with Gasteiger partial charge in [-0.2, -0.15) is 0 Å². The van der Waals surface area contributed by atoms with Gasteiger partial charge in [-0.3, -0.25) is 10.1 Å². The van der Waals surface area contributed by atoms with Gasteiger partial charge in [-0.25, -0.2) is 0 Å². The molecule has 0 aliphatic rings. The molecule has 0 saturated carbocycles. The van der Waals surface area contributed by atoms with Gasteiger partial charge >= 0.3 is 5.69 Å². The smallest absolute Gasteiger partial charge is 0.333 e. The molecule has 96 valence electrons. The van der Waals surface area contributed by atoms with Crippen LogP contribution in [0.2, 0.25) is 0 Å². The number of benzene rings is 1. The Hall–Kier alpha value is -2.22. The molecule has 0 heterocycles. The number of hydrogen-bond donors (Lipinski definition) is 1. The number of nitrogens with one attached hydrogen (secondary N) is 1. The lowest BCUT2D eigenvalue weighted by Crippen LogP contribution is -2.06. The highest BCUT2D eigenvalue weighted by molar-refractivity contribution is 5.68. The van der Waals surface area contributed by atoms with Crippen LogP contribution in [0, 0.1) is 22.5 Å². The van der Waals surface area contributed by atoms with E-state index in [1.165, 1.54) is 0 Å². The molecule has 1 aromatic carbocycles. The van der Waals surface area contributed by atoms with E-state index >= 15 is 0 Å². The molecule has 0 spiro atoms. The summed E-state index contributed by atoms with van der Waals surface area (Å²) in [6, 6.07) is 4.96. The highest BCUT2D eigenvalue weighted by Gasteiger charge is 2.20. The molecule has 0 atom stereocenters. The van der Waals surface area contributed by atoms with Crippen molar-refractivity contribution < 1.29 is 9.66 Å². The number of para-hydroxylation sites is 1. The molecule has 0 aliphatic heterocycles. The molecule has 0 bridgehead atoms. The fourth-order valence-electron chi connectivity index (χ4n) is 1.45. The number of ether oxygens (including phenoxy) is 1. The molecular formula is C13H16N2O3. The summed E-state index contributed by atoms with van der Waals surface area (Å²) in [5, 5.41) is 14.1. The lowest BCUT2D eigenvalue weighted by molar-refractivity contribution is -0.384. The van der Waals surface area contributed by atoms with Gasteiger partial charge in [0.2, 0.25) is 0 Å².